The highest BCUT2D eigenvalue weighted by Crippen LogP contribution is 2.32. The lowest BCUT2D eigenvalue weighted by atomic mass is 10.3. The normalized spacial score (nSPS) is 11.8. The van der Waals surface area contributed by atoms with E-state index in [1.165, 1.54) is 25.3 Å². The van der Waals surface area contributed by atoms with Crippen LogP contribution in [0.15, 0.2) is 18.2 Å². The highest BCUT2D eigenvalue weighted by molar-refractivity contribution is 5.80. The first-order valence-electron chi connectivity index (χ1n) is 5.72. The molecule has 0 bridgehead atoms. The average Bonchev–Trinajstić information content (AvgIpc) is 2.73. The predicted molar refractivity (Wildman–Crippen MR) is 65.8 cm³/mol. The topological polar surface area (TPSA) is 70.1 Å². The lowest BCUT2D eigenvalue weighted by Gasteiger charge is -2.10. The first-order valence-corrected chi connectivity index (χ1v) is 5.72. The van der Waals surface area contributed by atoms with Gasteiger partial charge in [-0.1, -0.05) is 0 Å². The van der Waals surface area contributed by atoms with E-state index in [0.29, 0.717) is 5.69 Å². The number of benzene rings is 1. The average molecular weight is 287 g/mol. The van der Waals surface area contributed by atoms with Crippen molar-refractivity contribution < 1.29 is 22.7 Å². The molecule has 2 rings (SSSR count). The zero-order chi connectivity index (χ0) is 14.9. The van der Waals surface area contributed by atoms with Gasteiger partial charge in [-0.25, -0.2) is 4.98 Å². The Hall–Kier alpha value is -2.25. The number of hydrogen-bond acceptors (Lipinski definition) is 4. The van der Waals surface area contributed by atoms with Gasteiger partial charge in [0.25, 0.3) is 0 Å². The Labute approximate surface area is 112 Å². The SMILES string of the molecule is COC(=O)CCn1c(C(F)(F)F)nc2ccc(N)cc21. The minimum absolute atomic E-state index is 0.177. The van der Waals surface area contributed by atoms with Gasteiger partial charge in [0.2, 0.25) is 5.82 Å². The largest absolute Gasteiger partial charge is 0.469 e. The van der Waals surface area contributed by atoms with E-state index in [4.69, 9.17) is 5.73 Å². The fourth-order valence-electron chi connectivity index (χ4n) is 1.89. The molecule has 2 aromatic rings. The molecule has 2 N–H and O–H groups in total. The highest BCUT2D eigenvalue weighted by atomic mass is 19.4. The van der Waals surface area contributed by atoms with Crippen LogP contribution in [0.1, 0.15) is 12.2 Å². The highest BCUT2D eigenvalue weighted by Gasteiger charge is 2.37. The van der Waals surface area contributed by atoms with Gasteiger partial charge in [-0.05, 0) is 18.2 Å². The number of nitrogens with two attached hydrogens (primary N) is 1. The number of aromatic nitrogens is 2. The van der Waals surface area contributed by atoms with E-state index in [-0.39, 0.29) is 24.0 Å². The van der Waals surface area contributed by atoms with Crippen LogP contribution in [-0.4, -0.2) is 22.6 Å². The van der Waals surface area contributed by atoms with Crippen molar-refractivity contribution in [1.82, 2.24) is 9.55 Å². The molecule has 8 heteroatoms. The molecule has 0 radical (unpaired) electrons. The Morgan fingerprint density at radius 2 is 2.15 bits per heavy atom. The summed E-state index contributed by atoms with van der Waals surface area (Å²) < 4.78 is 44.3. The van der Waals surface area contributed by atoms with Crippen molar-refractivity contribution >= 4 is 22.7 Å². The lowest BCUT2D eigenvalue weighted by Crippen LogP contribution is -2.17. The van der Waals surface area contributed by atoms with Crippen LogP contribution in [-0.2, 0) is 22.3 Å². The van der Waals surface area contributed by atoms with E-state index in [9.17, 15) is 18.0 Å². The molecule has 0 aliphatic heterocycles. The van der Waals surface area contributed by atoms with Crippen LogP contribution in [0.5, 0.6) is 0 Å². The molecule has 0 amide bonds. The Kier molecular flexibility index (Phi) is 3.56. The Bertz CT molecular complexity index is 649. The van der Waals surface area contributed by atoms with Gasteiger partial charge in [0.1, 0.15) is 0 Å². The van der Waals surface area contributed by atoms with Gasteiger partial charge in [-0.3, -0.25) is 4.79 Å². The summed E-state index contributed by atoms with van der Waals surface area (Å²) in [6.45, 7) is -0.179. The summed E-state index contributed by atoms with van der Waals surface area (Å²) in [6.07, 6.45) is -4.79. The van der Waals surface area contributed by atoms with E-state index in [1.807, 2.05) is 0 Å². The van der Waals surface area contributed by atoms with Gasteiger partial charge in [0.05, 0.1) is 24.6 Å². The van der Waals surface area contributed by atoms with Crippen molar-refractivity contribution in [1.29, 1.82) is 0 Å². The second-order valence-electron chi connectivity index (χ2n) is 4.16. The van der Waals surface area contributed by atoms with E-state index in [2.05, 4.69) is 9.72 Å². The molecule has 0 spiro atoms. The summed E-state index contributed by atoms with van der Waals surface area (Å²) in [6, 6.07) is 4.28. The van der Waals surface area contributed by atoms with E-state index < -0.39 is 18.0 Å². The van der Waals surface area contributed by atoms with Gasteiger partial charge in [-0.2, -0.15) is 13.2 Å². The van der Waals surface area contributed by atoms with Gasteiger partial charge in [0.15, 0.2) is 0 Å². The molecule has 1 heterocycles. The molecule has 0 unspecified atom stereocenters. The van der Waals surface area contributed by atoms with E-state index in [1.54, 1.807) is 0 Å². The van der Waals surface area contributed by atoms with Crippen LogP contribution < -0.4 is 5.73 Å². The summed E-state index contributed by atoms with van der Waals surface area (Å²) in [5, 5.41) is 0. The first-order chi connectivity index (χ1) is 9.32. The molecule has 1 aromatic heterocycles. The number of aryl methyl sites for hydroxylation is 1. The molecular weight excluding hydrogens is 275 g/mol. The van der Waals surface area contributed by atoms with Crippen LogP contribution in [0.25, 0.3) is 11.0 Å². The minimum atomic E-state index is -4.61. The maximum absolute atomic E-state index is 13.0. The molecule has 0 saturated carbocycles. The summed E-state index contributed by atoms with van der Waals surface area (Å²) in [7, 11) is 1.18. The summed E-state index contributed by atoms with van der Waals surface area (Å²) in [4.78, 5) is 14.7. The fourth-order valence-corrected chi connectivity index (χ4v) is 1.89. The third-order valence-electron chi connectivity index (χ3n) is 2.79. The number of rotatable bonds is 3. The maximum atomic E-state index is 13.0. The minimum Gasteiger partial charge on any atom is -0.469 e. The molecule has 108 valence electrons. The molecule has 1 aromatic carbocycles. The van der Waals surface area contributed by atoms with Crippen LogP contribution in [0.4, 0.5) is 18.9 Å². The van der Waals surface area contributed by atoms with Crippen molar-refractivity contribution in [2.24, 2.45) is 0 Å². The Morgan fingerprint density at radius 3 is 2.75 bits per heavy atom. The van der Waals surface area contributed by atoms with Crippen LogP contribution >= 0.6 is 0 Å². The summed E-state index contributed by atoms with van der Waals surface area (Å²) in [5.74, 6) is -1.65. The van der Waals surface area contributed by atoms with Crippen molar-refractivity contribution in [2.45, 2.75) is 19.1 Å². The molecule has 0 aliphatic rings. The molecule has 0 aliphatic carbocycles. The Balaban J connectivity index is 2.51. The van der Waals surface area contributed by atoms with Gasteiger partial charge < -0.3 is 15.0 Å². The number of nitrogens with zero attached hydrogens (tertiary/aromatic N) is 2. The number of imidazole rings is 1. The molecule has 0 saturated heterocycles. The summed E-state index contributed by atoms with van der Waals surface area (Å²) >= 11 is 0. The zero-order valence-corrected chi connectivity index (χ0v) is 10.6. The van der Waals surface area contributed by atoms with Crippen LogP contribution in [0, 0.1) is 0 Å². The standard InChI is InChI=1S/C12H12F3N3O2/c1-20-10(19)4-5-18-9-6-7(16)2-3-8(9)17-11(18)12(13,14)15/h2-3,6H,4-5,16H2,1H3. The van der Waals surface area contributed by atoms with Gasteiger partial charge in [-0.15, -0.1) is 0 Å². The third kappa shape index (κ3) is 2.68. The van der Waals surface area contributed by atoms with Gasteiger partial charge >= 0.3 is 12.1 Å². The number of carbonyl (C=O) groups is 1. The fraction of sp³-hybridized carbons (Fsp3) is 0.333. The number of methoxy groups -OCH3 is 1. The molecule has 0 atom stereocenters. The number of anilines is 1. The lowest BCUT2D eigenvalue weighted by molar-refractivity contribution is -0.148. The quantitative estimate of drug-likeness (QED) is 0.694. The van der Waals surface area contributed by atoms with E-state index in [0.717, 1.165) is 4.57 Å². The maximum Gasteiger partial charge on any atom is 0.449 e. The predicted octanol–water partition coefficient (Wildman–Crippen LogP) is 2.20. The summed E-state index contributed by atoms with van der Waals surface area (Å²) in [5.41, 5.74) is 6.32. The Morgan fingerprint density at radius 1 is 1.45 bits per heavy atom. The third-order valence-corrected chi connectivity index (χ3v) is 2.79. The van der Waals surface area contributed by atoms with Crippen molar-refractivity contribution in [2.75, 3.05) is 12.8 Å². The molecule has 0 fully saturated rings. The number of ether oxygens (including phenoxy) is 1. The van der Waals surface area contributed by atoms with Crippen molar-refractivity contribution in [3.63, 3.8) is 0 Å². The number of halogens is 3. The monoisotopic (exact) mass is 287 g/mol. The van der Waals surface area contributed by atoms with Crippen molar-refractivity contribution in [3.8, 4) is 0 Å². The smallest absolute Gasteiger partial charge is 0.449 e. The first kappa shape index (κ1) is 14.2. The number of hydrogen-bond donors (Lipinski definition) is 1. The number of fused-ring (bicyclic) bond motifs is 1. The molecular formula is C12H12F3N3O2. The number of carbonyl (C=O) groups excluding carboxylic acids is 1. The van der Waals surface area contributed by atoms with Crippen molar-refractivity contribution in [3.05, 3.63) is 24.0 Å². The van der Waals surface area contributed by atoms with Gasteiger partial charge in [0, 0.05) is 12.2 Å². The number of esters is 1. The van der Waals surface area contributed by atoms with Crippen LogP contribution in [0.3, 0.4) is 0 Å². The zero-order valence-electron chi connectivity index (χ0n) is 10.6. The van der Waals surface area contributed by atoms with E-state index >= 15 is 0 Å². The second-order valence-corrected chi connectivity index (χ2v) is 4.16. The second kappa shape index (κ2) is 5.03. The van der Waals surface area contributed by atoms with Crippen LogP contribution in [0.2, 0.25) is 0 Å². The number of nitrogen functional groups attached to an aromatic ring is 1. The number of alkyl halides is 3. The molecule has 5 nitrogen and oxygen atoms in total. The molecule has 20 heavy (non-hydrogen) atoms.